The molecule has 0 aromatic heterocycles. The summed E-state index contributed by atoms with van der Waals surface area (Å²) in [6.45, 7) is 0.745. The van der Waals surface area contributed by atoms with Gasteiger partial charge in [0, 0.05) is 18.1 Å². The molecule has 1 atom stereocenters. The lowest BCUT2D eigenvalue weighted by molar-refractivity contribution is -0.117. The maximum Gasteiger partial charge on any atom is 0.244 e. The number of hydrogen-bond donors (Lipinski definition) is 1. The molecule has 128 valence electrons. The van der Waals surface area contributed by atoms with E-state index in [1.807, 2.05) is 24.3 Å². The van der Waals surface area contributed by atoms with Gasteiger partial charge in [0.1, 0.15) is 5.75 Å². The Morgan fingerprint density at radius 1 is 1.16 bits per heavy atom. The van der Waals surface area contributed by atoms with E-state index >= 15 is 0 Å². The van der Waals surface area contributed by atoms with Crippen molar-refractivity contribution < 1.29 is 19.0 Å². The second-order valence-electron chi connectivity index (χ2n) is 5.81. The van der Waals surface area contributed by atoms with E-state index in [-0.39, 0.29) is 18.7 Å². The van der Waals surface area contributed by atoms with Gasteiger partial charge in [-0.1, -0.05) is 29.8 Å². The Kier molecular flexibility index (Phi) is 4.24. The average Bonchev–Trinajstić information content (AvgIpc) is 3.10. The monoisotopic (exact) mass is 357 g/mol. The molecule has 1 amide bonds. The average molecular weight is 358 g/mol. The number of benzene rings is 2. The fraction of sp³-hybridized carbons (Fsp3) is 0.211. The van der Waals surface area contributed by atoms with Crippen LogP contribution in [0.2, 0.25) is 5.02 Å². The van der Waals surface area contributed by atoms with Crippen molar-refractivity contribution >= 4 is 23.6 Å². The van der Waals surface area contributed by atoms with Gasteiger partial charge in [0.25, 0.3) is 0 Å². The van der Waals surface area contributed by atoms with Gasteiger partial charge in [0.15, 0.2) is 11.5 Å². The molecule has 25 heavy (non-hydrogen) atoms. The molecule has 0 unspecified atom stereocenters. The molecule has 2 heterocycles. The number of carbonyl (C=O) groups is 1. The lowest BCUT2D eigenvalue weighted by Crippen LogP contribution is -2.30. The van der Waals surface area contributed by atoms with Crippen molar-refractivity contribution in [2.24, 2.45) is 0 Å². The smallest absolute Gasteiger partial charge is 0.244 e. The van der Waals surface area contributed by atoms with Crippen LogP contribution in [-0.4, -0.2) is 19.3 Å². The molecule has 0 radical (unpaired) electrons. The Morgan fingerprint density at radius 3 is 2.96 bits per heavy atom. The van der Waals surface area contributed by atoms with E-state index in [0.29, 0.717) is 23.1 Å². The molecule has 0 fully saturated rings. The second-order valence-corrected chi connectivity index (χ2v) is 6.21. The number of para-hydroxylation sites is 1. The molecule has 0 saturated carbocycles. The molecule has 4 rings (SSSR count). The minimum absolute atomic E-state index is 0.0533. The Bertz CT molecular complexity index is 849. The third-order valence-corrected chi connectivity index (χ3v) is 4.43. The van der Waals surface area contributed by atoms with Crippen LogP contribution in [-0.2, 0) is 4.79 Å². The van der Waals surface area contributed by atoms with Gasteiger partial charge in [-0.2, -0.15) is 0 Å². The van der Waals surface area contributed by atoms with E-state index in [0.717, 1.165) is 23.3 Å². The van der Waals surface area contributed by atoms with Crippen molar-refractivity contribution in [2.75, 3.05) is 13.4 Å². The van der Waals surface area contributed by atoms with Gasteiger partial charge in [-0.3, -0.25) is 4.79 Å². The predicted molar refractivity (Wildman–Crippen MR) is 94.0 cm³/mol. The van der Waals surface area contributed by atoms with Crippen LogP contribution in [0.15, 0.2) is 42.5 Å². The number of fused-ring (bicyclic) bond motifs is 2. The number of carbonyl (C=O) groups excluding carboxylic acids is 1. The van der Waals surface area contributed by atoms with Crippen LogP contribution in [0, 0.1) is 0 Å². The highest BCUT2D eigenvalue weighted by molar-refractivity contribution is 6.32. The van der Waals surface area contributed by atoms with Crippen LogP contribution in [0.4, 0.5) is 0 Å². The summed E-state index contributed by atoms with van der Waals surface area (Å²) in [5.74, 6) is 1.79. The molecule has 1 N–H and O–H groups in total. The summed E-state index contributed by atoms with van der Waals surface area (Å²) in [6.07, 6.45) is 3.94. The minimum Gasteiger partial charge on any atom is -0.493 e. The summed E-state index contributed by atoms with van der Waals surface area (Å²) in [4.78, 5) is 12.3. The molecule has 0 spiro atoms. The first-order valence-corrected chi connectivity index (χ1v) is 8.38. The molecule has 0 saturated heterocycles. The maximum atomic E-state index is 12.3. The van der Waals surface area contributed by atoms with Gasteiger partial charge in [-0.25, -0.2) is 0 Å². The van der Waals surface area contributed by atoms with Gasteiger partial charge in [0.05, 0.1) is 17.7 Å². The van der Waals surface area contributed by atoms with Crippen LogP contribution in [0.1, 0.15) is 23.6 Å². The summed E-state index contributed by atoms with van der Waals surface area (Å²) in [5, 5.41) is 3.48. The van der Waals surface area contributed by atoms with E-state index in [1.165, 1.54) is 6.08 Å². The first-order valence-electron chi connectivity index (χ1n) is 8.00. The van der Waals surface area contributed by atoms with Crippen LogP contribution in [0.5, 0.6) is 17.2 Å². The third kappa shape index (κ3) is 3.28. The lowest BCUT2D eigenvalue weighted by atomic mass is 10.0. The zero-order chi connectivity index (χ0) is 17.2. The van der Waals surface area contributed by atoms with E-state index < -0.39 is 0 Å². The van der Waals surface area contributed by atoms with Gasteiger partial charge < -0.3 is 19.5 Å². The Balaban J connectivity index is 1.46. The Morgan fingerprint density at radius 2 is 2.04 bits per heavy atom. The Hall–Kier alpha value is -2.66. The SMILES string of the molecule is O=C(/C=C/c1cc(Cl)c2c(c1)OCO2)N[C@@H]1CCOc2ccccc21. The van der Waals surface area contributed by atoms with Gasteiger partial charge >= 0.3 is 0 Å². The normalized spacial score (nSPS) is 17.9. The Labute approximate surface area is 150 Å². The third-order valence-electron chi connectivity index (χ3n) is 4.15. The second kappa shape index (κ2) is 6.69. The van der Waals surface area contributed by atoms with E-state index in [9.17, 15) is 4.79 Å². The quantitative estimate of drug-likeness (QED) is 0.850. The standard InChI is InChI=1S/C19H16ClNO4/c20-14-9-12(10-17-19(14)25-11-24-17)5-6-18(22)21-15-7-8-23-16-4-2-1-3-13(15)16/h1-6,9-10,15H,7-8,11H2,(H,21,22)/b6-5+/t15-/m1/s1. The number of halogens is 1. The number of ether oxygens (including phenoxy) is 3. The van der Waals surface area contributed by atoms with Gasteiger partial charge in [-0.05, 0) is 29.8 Å². The van der Waals surface area contributed by atoms with Crippen LogP contribution in [0.3, 0.4) is 0 Å². The topological polar surface area (TPSA) is 56.8 Å². The molecule has 5 nitrogen and oxygen atoms in total. The molecule has 2 aromatic rings. The number of hydrogen-bond acceptors (Lipinski definition) is 4. The molecule has 0 bridgehead atoms. The van der Waals surface area contributed by atoms with Crippen LogP contribution in [0.25, 0.3) is 6.08 Å². The van der Waals surface area contributed by atoms with Gasteiger partial charge in [0.2, 0.25) is 12.7 Å². The lowest BCUT2D eigenvalue weighted by Gasteiger charge is -2.26. The number of nitrogens with one attached hydrogen (secondary N) is 1. The molecule has 2 aliphatic rings. The van der Waals surface area contributed by atoms with E-state index in [4.69, 9.17) is 25.8 Å². The van der Waals surface area contributed by atoms with Crippen molar-refractivity contribution in [1.82, 2.24) is 5.32 Å². The molecular formula is C19H16ClNO4. The minimum atomic E-state index is -0.171. The molecule has 2 aromatic carbocycles. The molecule has 2 aliphatic heterocycles. The van der Waals surface area contributed by atoms with Crippen molar-refractivity contribution in [2.45, 2.75) is 12.5 Å². The fourth-order valence-corrected chi connectivity index (χ4v) is 3.24. The van der Waals surface area contributed by atoms with Crippen molar-refractivity contribution in [1.29, 1.82) is 0 Å². The summed E-state index contributed by atoms with van der Waals surface area (Å²) in [5.41, 5.74) is 1.78. The van der Waals surface area contributed by atoms with Gasteiger partial charge in [-0.15, -0.1) is 0 Å². The fourth-order valence-electron chi connectivity index (χ4n) is 2.97. The van der Waals surface area contributed by atoms with Crippen LogP contribution < -0.4 is 19.5 Å². The van der Waals surface area contributed by atoms with Crippen molar-refractivity contribution in [3.63, 3.8) is 0 Å². The van der Waals surface area contributed by atoms with E-state index in [2.05, 4.69) is 5.32 Å². The number of amides is 1. The molecule has 0 aliphatic carbocycles. The number of rotatable bonds is 3. The molecular weight excluding hydrogens is 342 g/mol. The largest absolute Gasteiger partial charge is 0.493 e. The highest BCUT2D eigenvalue weighted by Gasteiger charge is 2.22. The summed E-state index contributed by atoms with van der Waals surface area (Å²) >= 11 is 6.15. The van der Waals surface area contributed by atoms with Crippen molar-refractivity contribution in [3.8, 4) is 17.2 Å². The first-order chi connectivity index (χ1) is 12.2. The zero-order valence-corrected chi connectivity index (χ0v) is 14.1. The highest BCUT2D eigenvalue weighted by atomic mass is 35.5. The van der Waals surface area contributed by atoms with Crippen LogP contribution >= 0.6 is 11.6 Å². The summed E-state index contributed by atoms with van der Waals surface area (Å²) in [6, 6.07) is 11.2. The van der Waals surface area contributed by atoms with E-state index in [1.54, 1.807) is 18.2 Å². The van der Waals surface area contributed by atoms with Crippen molar-refractivity contribution in [3.05, 3.63) is 58.6 Å². The summed E-state index contributed by atoms with van der Waals surface area (Å²) < 4.78 is 16.2. The summed E-state index contributed by atoms with van der Waals surface area (Å²) in [7, 11) is 0. The molecule has 6 heteroatoms. The first kappa shape index (κ1) is 15.8. The zero-order valence-electron chi connectivity index (χ0n) is 13.3. The predicted octanol–water partition coefficient (Wildman–Crippen LogP) is 3.72. The highest BCUT2D eigenvalue weighted by Crippen LogP contribution is 2.40. The maximum absolute atomic E-state index is 12.3.